The molecule has 4 heteroatoms. The van der Waals surface area contributed by atoms with Crippen molar-refractivity contribution in [2.24, 2.45) is 0 Å². The summed E-state index contributed by atoms with van der Waals surface area (Å²) >= 11 is 1.46. The van der Waals surface area contributed by atoms with E-state index < -0.39 is 0 Å². The summed E-state index contributed by atoms with van der Waals surface area (Å²) in [6.07, 6.45) is 1.68. The molecule has 0 radical (unpaired) electrons. The van der Waals surface area contributed by atoms with E-state index in [1.165, 1.54) is 11.3 Å². The van der Waals surface area contributed by atoms with Crippen LogP contribution in [0.3, 0.4) is 0 Å². The molecule has 0 aliphatic carbocycles. The molecule has 19 heavy (non-hydrogen) atoms. The zero-order valence-electron chi connectivity index (χ0n) is 10.4. The van der Waals surface area contributed by atoms with Crippen LogP contribution in [0.4, 0.5) is 0 Å². The molecule has 94 valence electrons. The van der Waals surface area contributed by atoms with Gasteiger partial charge in [-0.15, -0.1) is 11.3 Å². The molecule has 1 N–H and O–H groups in total. The van der Waals surface area contributed by atoms with Gasteiger partial charge in [0.15, 0.2) is 5.78 Å². The zero-order chi connectivity index (χ0) is 13.2. The van der Waals surface area contributed by atoms with Gasteiger partial charge in [-0.05, 0) is 13.0 Å². The highest BCUT2D eigenvalue weighted by atomic mass is 32.1. The fourth-order valence-corrected chi connectivity index (χ4v) is 2.78. The summed E-state index contributed by atoms with van der Waals surface area (Å²) in [7, 11) is 0. The Labute approximate surface area is 115 Å². The molecule has 1 aromatic carbocycles. The highest BCUT2D eigenvalue weighted by Crippen LogP contribution is 2.31. The van der Waals surface area contributed by atoms with Crippen LogP contribution in [0.15, 0.2) is 48.1 Å². The Morgan fingerprint density at radius 2 is 2.00 bits per heavy atom. The summed E-state index contributed by atoms with van der Waals surface area (Å²) in [6, 6.07) is 11.9. The zero-order valence-corrected chi connectivity index (χ0v) is 11.2. The average molecular weight is 268 g/mol. The molecular formula is C15H12N2OS. The third kappa shape index (κ3) is 2.22. The van der Waals surface area contributed by atoms with Crippen LogP contribution < -0.4 is 0 Å². The van der Waals surface area contributed by atoms with Gasteiger partial charge in [0.1, 0.15) is 0 Å². The number of carbonyl (C=O) groups excluding carboxylic acids is 1. The molecule has 0 aliphatic heterocycles. The SMILES string of the molecule is CC(=O)c1cc(-c2nc[nH]c2-c2ccccc2)cs1. The molecule has 0 amide bonds. The van der Waals surface area contributed by atoms with Crippen LogP contribution >= 0.6 is 11.3 Å². The minimum atomic E-state index is 0.0908. The molecule has 2 aromatic heterocycles. The predicted molar refractivity (Wildman–Crippen MR) is 77.3 cm³/mol. The molecule has 0 saturated carbocycles. The summed E-state index contributed by atoms with van der Waals surface area (Å²) in [4.78, 5) is 19.7. The van der Waals surface area contributed by atoms with E-state index in [-0.39, 0.29) is 5.78 Å². The molecule has 0 atom stereocenters. The number of nitrogens with one attached hydrogen (secondary N) is 1. The first-order valence-corrected chi connectivity index (χ1v) is 6.82. The van der Waals surface area contributed by atoms with Crippen LogP contribution in [0.5, 0.6) is 0 Å². The van der Waals surface area contributed by atoms with Crippen molar-refractivity contribution in [3.05, 3.63) is 53.0 Å². The van der Waals surface area contributed by atoms with Crippen LogP contribution in [-0.2, 0) is 0 Å². The van der Waals surface area contributed by atoms with E-state index in [1.54, 1.807) is 13.3 Å². The number of ketones is 1. The van der Waals surface area contributed by atoms with Gasteiger partial charge >= 0.3 is 0 Å². The minimum Gasteiger partial charge on any atom is -0.344 e. The number of aromatic amines is 1. The molecule has 0 fully saturated rings. The van der Waals surface area contributed by atoms with E-state index in [4.69, 9.17) is 0 Å². The van der Waals surface area contributed by atoms with E-state index in [1.807, 2.05) is 41.8 Å². The number of benzene rings is 1. The number of thiophene rings is 1. The monoisotopic (exact) mass is 268 g/mol. The van der Waals surface area contributed by atoms with Gasteiger partial charge in [-0.3, -0.25) is 4.79 Å². The van der Waals surface area contributed by atoms with Gasteiger partial charge < -0.3 is 4.98 Å². The average Bonchev–Trinajstić information content (AvgIpc) is 3.08. The lowest BCUT2D eigenvalue weighted by atomic mass is 10.1. The molecule has 0 aliphatic rings. The van der Waals surface area contributed by atoms with E-state index in [9.17, 15) is 4.79 Å². The second-order valence-corrected chi connectivity index (χ2v) is 5.16. The van der Waals surface area contributed by atoms with E-state index in [0.29, 0.717) is 0 Å². The van der Waals surface area contributed by atoms with Gasteiger partial charge in [0.2, 0.25) is 0 Å². The van der Waals surface area contributed by atoms with Crippen LogP contribution in [0, 0.1) is 0 Å². The first-order chi connectivity index (χ1) is 9.25. The van der Waals surface area contributed by atoms with Crippen LogP contribution in [0.1, 0.15) is 16.6 Å². The number of H-pyrrole nitrogens is 1. The van der Waals surface area contributed by atoms with E-state index in [2.05, 4.69) is 9.97 Å². The number of nitrogens with zero attached hydrogens (tertiary/aromatic N) is 1. The highest BCUT2D eigenvalue weighted by Gasteiger charge is 2.13. The standard InChI is InChI=1S/C15H12N2OS/c1-10(18)13-7-12(8-19-13)15-14(16-9-17-15)11-5-3-2-4-6-11/h2-9H,1H3,(H,16,17). The first kappa shape index (κ1) is 11.9. The molecule has 3 rings (SSSR count). The molecule has 0 spiro atoms. The van der Waals surface area contributed by atoms with Gasteiger partial charge in [0.05, 0.1) is 22.6 Å². The summed E-state index contributed by atoms with van der Waals surface area (Å²) in [5.41, 5.74) is 3.93. The summed E-state index contributed by atoms with van der Waals surface area (Å²) in [5.74, 6) is 0.0908. The van der Waals surface area contributed by atoms with Gasteiger partial charge in [-0.2, -0.15) is 0 Å². The second kappa shape index (κ2) is 4.82. The maximum atomic E-state index is 11.4. The lowest BCUT2D eigenvalue weighted by Crippen LogP contribution is -1.85. The van der Waals surface area contributed by atoms with E-state index >= 15 is 0 Å². The minimum absolute atomic E-state index is 0.0908. The molecule has 3 nitrogen and oxygen atoms in total. The third-order valence-corrected chi connectivity index (χ3v) is 3.95. The lowest BCUT2D eigenvalue weighted by molar-refractivity contribution is 0.102. The first-order valence-electron chi connectivity index (χ1n) is 5.94. The number of Topliss-reactive ketones (excluding diaryl/α,β-unsaturated/α-hetero) is 1. The quantitative estimate of drug-likeness (QED) is 0.729. The lowest BCUT2D eigenvalue weighted by Gasteiger charge is -2.00. The van der Waals surface area contributed by atoms with Crippen molar-refractivity contribution >= 4 is 17.1 Å². The summed E-state index contributed by atoms with van der Waals surface area (Å²) in [6.45, 7) is 1.58. The van der Waals surface area contributed by atoms with Crippen molar-refractivity contribution in [1.29, 1.82) is 0 Å². The van der Waals surface area contributed by atoms with Crippen molar-refractivity contribution in [3.63, 3.8) is 0 Å². The number of hydrogen-bond acceptors (Lipinski definition) is 3. The van der Waals surface area contributed by atoms with Crippen molar-refractivity contribution in [1.82, 2.24) is 9.97 Å². The predicted octanol–water partition coefficient (Wildman–Crippen LogP) is 4.01. The number of imidazole rings is 1. The molecule has 3 aromatic rings. The Morgan fingerprint density at radius 3 is 2.68 bits per heavy atom. The Hall–Kier alpha value is -2.20. The van der Waals surface area contributed by atoms with Gasteiger partial charge in [-0.1, -0.05) is 30.3 Å². The maximum absolute atomic E-state index is 11.4. The highest BCUT2D eigenvalue weighted by molar-refractivity contribution is 7.12. The van der Waals surface area contributed by atoms with Crippen molar-refractivity contribution < 1.29 is 4.79 Å². The molecule has 2 heterocycles. The second-order valence-electron chi connectivity index (χ2n) is 4.25. The largest absolute Gasteiger partial charge is 0.344 e. The van der Waals surface area contributed by atoms with Crippen LogP contribution in [0.2, 0.25) is 0 Å². The number of carbonyl (C=O) groups is 1. The fourth-order valence-electron chi connectivity index (χ4n) is 1.98. The fraction of sp³-hybridized carbons (Fsp3) is 0.0667. The Balaban J connectivity index is 2.07. The summed E-state index contributed by atoms with van der Waals surface area (Å²) in [5, 5.41) is 1.97. The smallest absolute Gasteiger partial charge is 0.169 e. The number of aromatic nitrogens is 2. The molecule has 0 unspecified atom stereocenters. The van der Waals surface area contributed by atoms with Crippen LogP contribution in [-0.4, -0.2) is 15.8 Å². The Bertz CT molecular complexity index is 713. The van der Waals surface area contributed by atoms with Gasteiger partial charge in [-0.25, -0.2) is 4.98 Å². The maximum Gasteiger partial charge on any atom is 0.169 e. The van der Waals surface area contributed by atoms with Crippen molar-refractivity contribution in [3.8, 4) is 22.5 Å². The normalized spacial score (nSPS) is 10.6. The van der Waals surface area contributed by atoms with Gasteiger partial charge in [0.25, 0.3) is 0 Å². The van der Waals surface area contributed by atoms with Crippen molar-refractivity contribution in [2.45, 2.75) is 6.92 Å². The molecule has 0 saturated heterocycles. The molecular weight excluding hydrogens is 256 g/mol. The Kier molecular flexibility index (Phi) is 3.01. The van der Waals surface area contributed by atoms with E-state index in [0.717, 1.165) is 27.4 Å². The number of hydrogen-bond donors (Lipinski definition) is 1. The Morgan fingerprint density at radius 1 is 1.21 bits per heavy atom. The third-order valence-electron chi connectivity index (χ3n) is 2.92. The summed E-state index contributed by atoms with van der Waals surface area (Å²) < 4.78 is 0. The molecule has 0 bridgehead atoms. The van der Waals surface area contributed by atoms with Gasteiger partial charge in [0, 0.05) is 16.5 Å². The number of rotatable bonds is 3. The van der Waals surface area contributed by atoms with Crippen molar-refractivity contribution in [2.75, 3.05) is 0 Å². The topological polar surface area (TPSA) is 45.8 Å². The van der Waals surface area contributed by atoms with Crippen LogP contribution in [0.25, 0.3) is 22.5 Å².